The minimum absolute atomic E-state index is 0.0211. The van der Waals surface area contributed by atoms with Crippen LogP contribution in [0.15, 0.2) is 0 Å². The van der Waals surface area contributed by atoms with Crippen molar-refractivity contribution in [2.45, 2.75) is 52.0 Å². The molecule has 18 heavy (non-hydrogen) atoms. The van der Waals surface area contributed by atoms with Crippen LogP contribution < -0.4 is 5.32 Å². The van der Waals surface area contributed by atoms with Crippen LogP contribution >= 0.6 is 0 Å². The summed E-state index contributed by atoms with van der Waals surface area (Å²) in [5, 5.41) is 11.4. The zero-order chi connectivity index (χ0) is 13.5. The van der Waals surface area contributed by atoms with E-state index < -0.39 is 5.97 Å². The number of hydrogen-bond acceptors (Lipinski definition) is 2. The number of amides is 2. The lowest BCUT2D eigenvalue weighted by Crippen LogP contribution is -2.45. The summed E-state index contributed by atoms with van der Waals surface area (Å²) in [6.07, 6.45) is 3.96. The first-order valence-electron chi connectivity index (χ1n) is 6.77. The van der Waals surface area contributed by atoms with Gasteiger partial charge in [0.15, 0.2) is 0 Å². The molecule has 0 aromatic rings. The summed E-state index contributed by atoms with van der Waals surface area (Å²) in [4.78, 5) is 24.1. The van der Waals surface area contributed by atoms with Crippen molar-refractivity contribution in [1.82, 2.24) is 10.2 Å². The van der Waals surface area contributed by atoms with Crippen LogP contribution in [0.5, 0.6) is 0 Å². The van der Waals surface area contributed by atoms with E-state index in [4.69, 9.17) is 5.11 Å². The third kappa shape index (κ3) is 5.89. The molecule has 0 saturated heterocycles. The second-order valence-electron chi connectivity index (χ2n) is 5.27. The molecule has 0 aromatic carbocycles. The Balaban J connectivity index is 2.17. The molecule has 1 fully saturated rings. The Morgan fingerprint density at radius 3 is 2.50 bits per heavy atom. The fourth-order valence-corrected chi connectivity index (χ4v) is 1.80. The Kier molecular flexibility index (Phi) is 5.95. The third-order valence-electron chi connectivity index (χ3n) is 3.13. The average Bonchev–Trinajstić information content (AvgIpc) is 3.08. The molecule has 1 saturated carbocycles. The Morgan fingerprint density at radius 2 is 2.00 bits per heavy atom. The molecular weight excluding hydrogens is 232 g/mol. The van der Waals surface area contributed by atoms with Gasteiger partial charge >= 0.3 is 12.0 Å². The van der Waals surface area contributed by atoms with E-state index in [1.54, 1.807) is 0 Å². The molecule has 2 N–H and O–H groups in total. The fourth-order valence-electron chi connectivity index (χ4n) is 1.80. The predicted octanol–water partition coefficient (Wildman–Crippen LogP) is 2.07. The van der Waals surface area contributed by atoms with Crippen molar-refractivity contribution in [3.8, 4) is 0 Å². The van der Waals surface area contributed by atoms with Gasteiger partial charge in [-0.05, 0) is 45.4 Å². The van der Waals surface area contributed by atoms with Crippen LogP contribution in [0.2, 0.25) is 0 Å². The Hall–Kier alpha value is -1.26. The summed E-state index contributed by atoms with van der Waals surface area (Å²) in [5.41, 5.74) is 0. The van der Waals surface area contributed by atoms with Crippen LogP contribution in [0.3, 0.4) is 0 Å². The quantitative estimate of drug-likeness (QED) is 0.653. The van der Waals surface area contributed by atoms with Gasteiger partial charge in [-0.25, -0.2) is 4.79 Å². The van der Waals surface area contributed by atoms with Crippen molar-refractivity contribution in [2.75, 3.05) is 13.1 Å². The van der Waals surface area contributed by atoms with Crippen LogP contribution in [0, 0.1) is 5.92 Å². The van der Waals surface area contributed by atoms with Gasteiger partial charge in [0.2, 0.25) is 0 Å². The highest BCUT2D eigenvalue weighted by atomic mass is 16.4. The molecule has 104 valence electrons. The number of nitrogens with one attached hydrogen (secondary N) is 1. The molecule has 1 rings (SSSR count). The van der Waals surface area contributed by atoms with Crippen LogP contribution in [0.25, 0.3) is 0 Å². The standard InChI is InChI=1S/C13H24N2O3/c1-10(2)15(9-11-6-7-11)13(18)14-8-4-3-5-12(16)17/h10-11H,3-9H2,1-2H3,(H,14,18)(H,16,17). The topological polar surface area (TPSA) is 69.6 Å². The number of carbonyl (C=O) groups excluding carboxylic acids is 1. The summed E-state index contributed by atoms with van der Waals surface area (Å²) >= 11 is 0. The molecule has 2 amide bonds. The van der Waals surface area contributed by atoms with E-state index in [-0.39, 0.29) is 18.5 Å². The smallest absolute Gasteiger partial charge is 0.317 e. The van der Waals surface area contributed by atoms with Crippen molar-refractivity contribution in [2.24, 2.45) is 5.92 Å². The first-order valence-corrected chi connectivity index (χ1v) is 6.77. The summed E-state index contributed by atoms with van der Waals surface area (Å²) in [6.45, 7) is 5.44. The van der Waals surface area contributed by atoms with Crippen molar-refractivity contribution >= 4 is 12.0 Å². The van der Waals surface area contributed by atoms with Gasteiger partial charge in [-0.1, -0.05) is 0 Å². The number of hydrogen-bond donors (Lipinski definition) is 2. The number of urea groups is 1. The van der Waals surface area contributed by atoms with Gasteiger partial charge < -0.3 is 15.3 Å². The highest BCUT2D eigenvalue weighted by Crippen LogP contribution is 2.30. The lowest BCUT2D eigenvalue weighted by atomic mass is 10.2. The monoisotopic (exact) mass is 256 g/mol. The minimum atomic E-state index is -0.779. The molecule has 0 heterocycles. The van der Waals surface area contributed by atoms with Gasteiger partial charge in [-0.15, -0.1) is 0 Å². The number of rotatable bonds is 8. The van der Waals surface area contributed by atoms with E-state index in [9.17, 15) is 9.59 Å². The largest absolute Gasteiger partial charge is 0.481 e. The summed E-state index contributed by atoms with van der Waals surface area (Å²) in [6, 6.07) is 0.192. The molecule has 1 aliphatic rings. The van der Waals surface area contributed by atoms with Gasteiger partial charge in [0.1, 0.15) is 0 Å². The molecule has 0 radical (unpaired) electrons. The van der Waals surface area contributed by atoms with E-state index in [1.807, 2.05) is 18.7 Å². The maximum Gasteiger partial charge on any atom is 0.317 e. The SMILES string of the molecule is CC(C)N(CC1CC1)C(=O)NCCCCC(=O)O. The number of carbonyl (C=O) groups is 2. The number of nitrogens with zero attached hydrogens (tertiary/aromatic N) is 1. The highest BCUT2D eigenvalue weighted by Gasteiger charge is 2.27. The fraction of sp³-hybridized carbons (Fsp3) is 0.846. The summed E-state index contributed by atoms with van der Waals surface area (Å²) in [5.74, 6) is -0.0935. The van der Waals surface area contributed by atoms with Crippen LogP contribution in [-0.2, 0) is 4.79 Å². The van der Waals surface area contributed by atoms with Crippen molar-refractivity contribution in [3.63, 3.8) is 0 Å². The van der Waals surface area contributed by atoms with Gasteiger partial charge in [0, 0.05) is 25.6 Å². The van der Waals surface area contributed by atoms with Gasteiger partial charge in [-0.3, -0.25) is 4.79 Å². The van der Waals surface area contributed by atoms with Gasteiger partial charge in [0.25, 0.3) is 0 Å². The highest BCUT2D eigenvalue weighted by molar-refractivity contribution is 5.74. The molecule has 0 aromatic heterocycles. The Morgan fingerprint density at radius 1 is 1.33 bits per heavy atom. The molecule has 0 atom stereocenters. The molecule has 0 unspecified atom stereocenters. The van der Waals surface area contributed by atoms with E-state index >= 15 is 0 Å². The molecule has 5 heteroatoms. The summed E-state index contributed by atoms with van der Waals surface area (Å²) in [7, 11) is 0. The molecule has 0 spiro atoms. The lowest BCUT2D eigenvalue weighted by molar-refractivity contribution is -0.137. The third-order valence-corrected chi connectivity index (χ3v) is 3.13. The lowest BCUT2D eigenvalue weighted by Gasteiger charge is -2.27. The normalized spacial score (nSPS) is 14.6. The molecule has 0 aliphatic heterocycles. The number of unbranched alkanes of at least 4 members (excludes halogenated alkanes) is 1. The molecular formula is C13H24N2O3. The zero-order valence-corrected chi connectivity index (χ0v) is 11.3. The van der Waals surface area contributed by atoms with Crippen LogP contribution in [0.4, 0.5) is 4.79 Å². The first-order chi connectivity index (χ1) is 8.50. The van der Waals surface area contributed by atoms with Crippen molar-refractivity contribution in [3.05, 3.63) is 0 Å². The molecule has 5 nitrogen and oxygen atoms in total. The first kappa shape index (κ1) is 14.8. The van der Waals surface area contributed by atoms with Crippen molar-refractivity contribution in [1.29, 1.82) is 0 Å². The van der Waals surface area contributed by atoms with Crippen LogP contribution in [0.1, 0.15) is 46.0 Å². The maximum absolute atomic E-state index is 11.9. The summed E-state index contributed by atoms with van der Waals surface area (Å²) < 4.78 is 0. The average molecular weight is 256 g/mol. The van der Waals surface area contributed by atoms with E-state index in [1.165, 1.54) is 12.8 Å². The van der Waals surface area contributed by atoms with Gasteiger partial charge in [-0.2, -0.15) is 0 Å². The number of aliphatic carboxylic acids is 1. The van der Waals surface area contributed by atoms with E-state index in [2.05, 4.69) is 5.32 Å². The maximum atomic E-state index is 11.9. The van der Waals surface area contributed by atoms with E-state index in [0.29, 0.717) is 25.3 Å². The Bertz CT molecular complexity index is 288. The molecule has 0 bridgehead atoms. The zero-order valence-electron chi connectivity index (χ0n) is 11.3. The minimum Gasteiger partial charge on any atom is -0.481 e. The predicted molar refractivity (Wildman–Crippen MR) is 69.5 cm³/mol. The second kappa shape index (κ2) is 7.24. The second-order valence-corrected chi connectivity index (χ2v) is 5.27. The van der Waals surface area contributed by atoms with Gasteiger partial charge in [0.05, 0.1) is 0 Å². The molecule has 1 aliphatic carbocycles. The van der Waals surface area contributed by atoms with Crippen LogP contribution in [-0.4, -0.2) is 41.1 Å². The number of carboxylic acids is 1. The van der Waals surface area contributed by atoms with Crippen molar-refractivity contribution < 1.29 is 14.7 Å². The Labute approximate surface area is 109 Å². The van der Waals surface area contributed by atoms with E-state index in [0.717, 1.165) is 6.54 Å². The number of carboxylic acid groups (broad SMARTS) is 1.